The van der Waals surface area contributed by atoms with Gasteiger partial charge in [-0.25, -0.2) is 9.97 Å². The Hall–Kier alpha value is -2.30. The van der Waals surface area contributed by atoms with E-state index >= 15 is 0 Å². The first-order valence-electron chi connectivity index (χ1n) is 6.91. The zero-order valence-corrected chi connectivity index (χ0v) is 13.3. The number of benzene rings is 3. The Morgan fingerprint density at radius 3 is 2.36 bits per heavy atom. The highest BCUT2D eigenvalue weighted by molar-refractivity contribution is 7.17. The summed E-state index contributed by atoms with van der Waals surface area (Å²) in [5.41, 5.74) is 5.99. The molecule has 0 saturated carbocycles. The van der Waals surface area contributed by atoms with E-state index in [0.29, 0.717) is 0 Å². The van der Waals surface area contributed by atoms with Crippen molar-refractivity contribution in [3.8, 4) is 0 Å². The van der Waals surface area contributed by atoms with Crippen molar-refractivity contribution in [1.82, 2.24) is 9.97 Å². The van der Waals surface area contributed by atoms with Gasteiger partial charge in [0.25, 0.3) is 0 Å². The van der Waals surface area contributed by atoms with Crippen LogP contribution in [0.5, 0.6) is 0 Å². The first kappa shape index (κ1) is 13.4. The predicted molar refractivity (Wildman–Crippen MR) is 96.7 cm³/mol. The molecule has 0 aliphatic rings. The zero-order valence-electron chi connectivity index (χ0n) is 11.6. The minimum atomic E-state index is 1.10. The minimum absolute atomic E-state index is 1.10. The minimum Gasteiger partial charge on any atom is -0.245 e. The van der Waals surface area contributed by atoms with E-state index in [1.807, 2.05) is 29.2 Å². The number of hydrogen-bond acceptors (Lipinski definition) is 4. The molecule has 3 aromatic carbocycles. The van der Waals surface area contributed by atoms with E-state index in [0.717, 1.165) is 11.0 Å². The number of fused-ring (bicyclic) bond motifs is 4. The molecule has 0 saturated heterocycles. The fourth-order valence-electron chi connectivity index (χ4n) is 2.40. The molecule has 5 rings (SSSR count). The fourth-order valence-corrected chi connectivity index (χ4v) is 3.77. The van der Waals surface area contributed by atoms with Gasteiger partial charge in [0.1, 0.15) is 0 Å². The Bertz CT molecular complexity index is 1020. The molecular weight excluding hydrogens is 308 g/mol. The van der Waals surface area contributed by atoms with Gasteiger partial charge in [-0.2, -0.15) is 0 Å². The molecule has 4 heteroatoms. The van der Waals surface area contributed by atoms with Crippen LogP contribution in [0, 0.1) is 0 Å². The third-order valence-corrected chi connectivity index (χ3v) is 5.07. The van der Waals surface area contributed by atoms with E-state index < -0.39 is 0 Å². The Labute approximate surface area is 135 Å². The SMILES string of the molecule is c1ccc2c(c1)ccc1scnc12.c1ccc2scnc2c1. The molecule has 2 heterocycles. The molecule has 2 aromatic heterocycles. The van der Waals surface area contributed by atoms with Crippen LogP contribution in [0.3, 0.4) is 0 Å². The van der Waals surface area contributed by atoms with Crippen molar-refractivity contribution in [3.63, 3.8) is 0 Å². The van der Waals surface area contributed by atoms with Crippen LogP contribution < -0.4 is 0 Å². The Morgan fingerprint density at radius 1 is 0.636 bits per heavy atom. The van der Waals surface area contributed by atoms with Crippen LogP contribution in [0.2, 0.25) is 0 Å². The van der Waals surface area contributed by atoms with Crippen LogP contribution in [0.25, 0.3) is 31.2 Å². The average Bonchev–Trinajstić information content (AvgIpc) is 3.24. The Morgan fingerprint density at radius 2 is 1.41 bits per heavy atom. The van der Waals surface area contributed by atoms with E-state index in [9.17, 15) is 0 Å². The molecule has 2 nitrogen and oxygen atoms in total. The summed E-state index contributed by atoms with van der Waals surface area (Å²) in [6, 6.07) is 20.8. The number of rotatable bonds is 0. The molecule has 0 bridgehead atoms. The molecule has 106 valence electrons. The summed E-state index contributed by atoms with van der Waals surface area (Å²) in [6.45, 7) is 0. The van der Waals surface area contributed by atoms with Gasteiger partial charge in [-0.05, 0) is 23.6 Å². The van der Waals surface area contributed by atoms with Gasteiger partial charge < -0.3 is 0 Å². The van der Waals surface area contributed by atoms with Gasteiger partial charge in [0.05, 0.1) is 31.5 Å². The molecule has 0 atom stereocenters. The van der Waals surface area contributed by atoms with E-state index in [1.165, 1.54) is 20.2 Å². The van der Waals surface area contributed by atoms with Crippen molar-refractivity contribution in [2.75, 3.05) is 0 Å². The lowest BCUT2D eigenvalue weighted by Gasteiger charge is -1.96. The van der Waals surface area contributed by atoms with E-state index in [2.05, 4.69) is 52.4 Å². The van der Waals surface area contributed by atoms with Crippen molar-refractivity contribution in [2.24, 2.45) is 0 Å². The molecule has 0 spiro atoms. The van der Waals surface area contributed by atoms with Crippen molar-refractivity contribution in [2.45, 2.75) is 0 Å². The summed E-state index contributed by atoms with van der Waals surface area (Å²) in [5.74, 6) is 0. The second-order valence-corrected chi connectivity index (χ2v) is 6.58. The molecule has 0 amide bonds. The standard InChI is InChI=1S/C11H7NS.C7H5NS/c1-2-4-9-8(3-1)5-6-10-11(9)12-7-13-10;1-2-4-7-6(3-1)8-5-9-7/h1-7H;1-5H. The number of para-hydroxylation sites is 1. The molecule has 0 N–H and O–H groups in total. The van der Waals surface area contributed by atoms with Crippen LogP contribution in [0.4, 0.5) is 0 Å². The van der Waals surface area contributed by atoms with Crippen LogP contribution >= 0.6 is 22.7 Å². The third kappa shape index (κ3) is 2.47. The van der Waals surface area contributed by atoms with Crippen LogP contribution in [-0.2, 0) is 0 Å². The molecule has 5 aromatic rings. The van der Waals surface area contributed by atoms with Gasteiger partial charge in [0.2, 0.25) is 0 Å². The third-order valence-electron chi connectivity index (χ3n) is 3.46. The second kappa shape index (κ2) is 5.83. The summed E-state index contributed by atoms with van der Waals surface area (Å²) in [4.78, 5) is 8.50. The summed E-state index contributed by atoms with van der Waals surface area (Å²) in [5, 5.41) is 2.52. The number of hydrogen-bond donors (Lipinski definition) is 0. The second-order valence-electron chi connectivity index (χ2n) is 4.81. The van der Waals surface area contributed by atoms with Gasteiger partial charge in [0.15, 0.2) is 0 Å². The summed E-state index contributed by atoms with van der Waals surface area (Å²) in [7, 11) is 0. The monoisotopic (exact) mass is 320 g/mol. The molecular formula is C18H12N2S2. The topological polar surface area (TPSA) is 25.8 Å². The Balaban J connectivity index is 0.000000122. The first-order valence-corrected chi connectivity index (χ1v) is 8.67. The largest absolute Gasteiger partial charge is 0.245 e. The molecule has 0 fully saturated rings. The molecule has 0 unspecified atom stereocenters. The summed E-state index contributed by atoms with van der Waals surface area (Å²) < 4.78 is 2.52. The predicted octanol–water partition coefficient (Wildman–Crippen LogP) is 5.75. The zero-order chi connectivity index (χ0) is 14.8. The molecule has 22 heavy (non-hydrogen) atoms. The van der Waals surface area contributed by atoms with Gasteiger partial charge in [-0.15, -0.1) is 22.7 Å². The van der Waals surface area contributed by atoms with Gasteiger partial charge >= 0.3 is 0 Å². The summed E-state index contributed by atoms with van der Waals surface area (Å²) in [6.07, 6.45) is 0. The van der Waals surface area contributed by atoms with Crippen LogP contribution in [-0.4, -0.2) is 9.97 Å². The van der Waals surface area contributed by atoms with Crippen LogP contribution in [0.1, 0.15) is 0 Å². The maximum atomic E-state index is 4.37. The Kier molecular flexibility index (Phi) is 3.54. The van der Waals surface area contributed by atoms with Gasteiger partial charge in [-0.1, -0.05) is 42.5 Å². The highest BCUT2D eigenvalue weighted by Crippen LogP contribution is 2.26. The van der Waals surface area contributed by atoms with Crippen molar-refractivity contribution < 1.29 is 0 Å². The van der Waals surface area contributed by atoms with E-state index in [1.54, 1.807) is 22.7 Å². The van der Waals surface area contributed by atoms with Crippen LogP contribution in [0.15, 0.2) is 71.7 Å². The lowest BCUT2D eigenvalue weighted by molar-refractivity contribution is 1.50. The highest BCUT2D eigenvalue weighted by Gasteiger charge is 2.00. The van der Waals surface area contributed by atoms with Gasteiger partial charge in [0, 0.05) is 5.39 Å². The highest BCUT2D eigenvalue weighted by atomic mass is 32.1. The quantitative estimate of drug-likeness (QED) is 0.363. The van der Waals surface area contributed by atoms with Gasteiger partial charge in [-0.3, -0.25) is 0 Å². The lowest BCUT2D eigenvalue weighted by atomic mass is 10.1. The smallest absolute Gasteiger partial charge is 0.0890 e. The first-order chi connectivity index (χ1) is 10.9. The normalized spacial score (nSPS) is 10.7. The number of thiazole rings is 2. The molecule has 0 radical (unpaired) electrons. The van der Waals surface area contributed by atoms with E-state index in [-0.39, 0.29) is 0 Å². The lowest BCUT2D eigenvalue weighted by Crippen LogP contribution is -1.73. The maximum Gasteiger partial charge on any atom is 0.0890 e. The summed E-state index contributed by atoms with van der Waals surface area (Å²) >= 11 is 3.37. The van der Waals surface area contributed by atoms with Crippen molar-refractivity contribution in [3.05, 3.63) is 71.7 Å². The van der Waals surface area contributed by atoms with E-state index in [4.69, 9.17) is 0 Å². The maximum absolute atomic E-state index is 4.37. The fraction of sp³-hybridized carbons (Fsp3) is 0. The van der Waals surface area contributed by atoms with Crippen molar-refractivity contribution in [1.29, 1.82) is 0 Å². The average molecular weight is 320 g/mol. The molecule has 0 aliphatic carbocycles. The number of aromatic nitrogens is 2. The van der Waals surface area contributed by atoms with Crippen molar-refractivity contribution >= 4 is 53.9 Å². The number of nitrogens with zero attached hydrogens (tertiary/aromatic N) is 2. The molecule has 0 aliphatic heterocycles.